The third kappa shape index (κ3) is 12.5. The minimum atomic E-state index is -1.11. The third-order valence-electron chi connectivity index (χ3n) is 9.07. The highest BCUT2D eigenvalue weighted by Gasteiger charge is 2.43. The summed E-state index contributed by atoms with van der Waals surface area (Å²) in [5.74, 6) is 1.80. The summed E-state index contributed by atoms with van der Waals surface area (Å²) >= 11 is 0. The molecule has 0 spiro atoms. The Bertz CT molecular complexity index is 716. The second kappa shape index (κ2) is 15.4. The van der Waals surface area contributed by atoms with Gasteiger partial charge in [-0.15, -0.1) is 0 Å². The molecule has 0 heterocycles. The second-order valence-corrected chi connectivity index (χ2v) is 14.0. The lowest BCUT2D eigenvalue weighted by molar-refractivity contribution is 0.0164. The van der Waals surface area contributed by atoms with Gasteiger partial charge in [-0.3, -0.25) is 0 Å². The van der Waals surface area contributed by atoms with Gasteiger partial charge in [0.05, 0.1) is 6.54 Å². The van der Waals surface area contributed by atoms with E-state index in [9.17, 15) is 0 Å². The van der Waals surface area contributed by atoms with Gasteiger partial charge in [0, 0.05) is 12.4 Å². The molecule has 37 heavy (non-hydrogen) atoms. The van der Waals surface area contributed by atoms with Crippen LogP contribution in [0.25, 0.3) is 0 Å². The monoisotopic (exact) mass is 519 g/mol. The standard InChI is InChI=1S/C33H62FN3/c1-12-23-37(35-11)36-27(5)17-21-33(34)22-19-29(18-20-31(6,7)8)30(25-33)24-32(9,10)26(4)15-16-28(13-2)14-3/h28-30H,4,11-25H2,1-3,5-10H3/b36-27+/t29?,30?,33-/m1/s1. The topological polar surface area (TPSA) is 28.0 Å². The molecule has 3 atom stereocenters. The Morgan fingerprint density at radius 1 is 1.08 bits per heavy atom. The average molecular weight is 520 g/mol. The minimum Gasteiger partial charge on any atom is -0.244 e. The number of hydrogen-bond acceptors (Lipinski definition) is 3. The molecule has 0 aromatic carbocycles. The van der Waals surface area contributed by atoms with E-state index in [2.05, 4.69) is 78.9 Å². The van der Waals surface area contributed by atoms with Crippen molar-refractivity contribution in [1.29, 1.82) is 0 Å². The van der Waals surface area contributed by atoms with Crippen LogP contribution in [0.5, 0.6) is 0 Å². The highest BCUT2D eigenvalue weighted by Crippen LogP contribution is 2.50. The van der Waals surface area contributed by atoms with E-state index in [1.807, 2.05) is 6.92 Å². The number of allylic oxidation sites excluding steroid dienone is 1. The van der Waals surface area contributed by atoms with Crippen LogP contribution in [0.4, 0.5) is 4.39 Å². The molecule has 216 valence electrons. The highest BCUT2D eigenvalue weighted by molar-refractivity contribution is 5.81. The molecule has 0 aliphatic heterocycles. The van der Waals surface area contributed by atoms with Gasteiger partial charge in [0.1, 0.15) is 5.67 Å². The molecule has 3 nitrogen and oxygen atoms in total. The zero-order chi connectivity index (χ0) is 28.3. The molecule has 1 rings (SSSR count). The Morgan fingerprint density at radius 3 is 2.27 bits per heavy atom. The first kappa shape index (κ1) is 33.8. The molecule has 1 saturated carbocycles. The first-order valence-electron chi connectivity index (χ1n) is 15.3. The zero-order valence-electron chi connectivity index (χ0n) is 26.3. The number of hydrazone groups is 2. The van der Waals surface area contributed by atoms with Crippen molar-refractivity contribution in [3.8, 4) is 0 Å². The molecule has 1 fully saturated rings. The first-order valence-corrected chi connectivity index (χ1v) is 15.3. The molecule has 0 amide bonds. The van der Waals surface area contributed by atoms with Crippen LogP contribution in [0, 0.1) is 28.6 Å². The van der Waals surface area contributed by atoms with Crippen molar-refractivity contribution in [2.45, 2.75) is 151 Å². The van der Waals surface area contributed by atoms with Crippen LogP contribution < -0.4 is 0 Å². The number of nitrogens with zero attached hydrogens (tertiary/aromatic N) is 3. The van der Waals surface area contributed by atoms with Gasteiger partial charge in [0.25, 0.3) is 0 Å². The summed E-state index contributed by atoms with van der Waals surface area (Å²) in [6.45, 7) is 29.3. The molecule has 4 heteroatoms. The van der Waals surface area contributed by atoms with Crippen LogP contribution in [-0.4, -0.2) is 29.8 Å². The largest absolute Gasteiger partial charge is 0.244 e. The summed E-state index contributed by atoms with van der Waals surface area (Å²) in [5, 5.41) is 10.2. The lowest BCUT2D eigenvalue weighted by Crippen LogP contribution is -2.38. The summed E-state index contributed by atoms with van der Waals surface area (Å²) in [5.41, 5.74) is 1.56. The minimum absolute atomic E-state index is 0.0442. The molecule has 0 N–H and O–H groups in total. The number of rotatable bonds is 17. The Morgan fingerprint density at radius 2 is 1.73 bits per heavy atom. The highest BCUT2D eigenvalue weighted by atomic mass is 19.1. The molecule has 0 aromatic rings. The SMILES string of the molecule is C=NN(CCC)/N=C(\C)CC[C@@]1(F)CCC(CCC(C)(C)C)C(CC(C)(C)C(=C)CCC(CC)CC)C1. The quantitative estimate of drug-likeness (QED) is 0.107. The predicted octanol–water partition coefficient (Wildman–Crippen LogP) is 10.6. The van der Waals surface area contributed by atoms with E-state index in [1.54, 1.807) is 5.12 Å². The van der Waals surface area contributed by atoms with Crippen molar-refractivity contribution in [2.24, 2.45) is 38.8 Å². The van der Waals surface area contributed by atoms with Crippen LogP contribution in [0.1, 0.15) is 146 Å². The van der Waals surface area contributed by atoms with Crippen molar-refractivity contribution in [1.82, 2.24) is 5.12 Å². The molecular formula is C33H62FN3. The van der Waals surface area contributed by atoms with Crippen LogP contribution in [0.15, 0.2) is 22.4 Å². The van der Waals surface area contributed by atoms with Crippen LogP contribution in [-0.2, 0) is 0 Å². The molecule has 0 aromatic heterocycles. The Hall–Kier alpha value is -1.19. The molecule has 1 aliphatic rings. The first-order chi connectivity index (χ1) is 17.2. The fourth-order valence-corrected chi connectivity index (χ4v) is 6.10. The van der Waals surface area contributed by atoms with Gasteiger partial charge in [0.2, 0.25) is 0 Å². The lowest BCUT2D eigenvalue weighted by Gasteiger charge is -2.44. The van der Waals surface area contributed by atoms with Gasteiger partial charge in [-0.1, -0.05) is 80.4 Å². The number of alkyl halides is 1. The molecule has 1 aliphatic carbocycles. The van der Waals surface area contributed by atoms with Crippen molar-refractivity contribution in [2.75, 3.05) is 6.54 Å². The van der Waals surface area contributed by atoms with Crippen molar-refractivity contribution in [3.63, 3.8) is 0 Å². The summed E-state index contributed by atoms with van der Waals surface area (Å²) in [6, 6.07) is 0. The van der Waals surface area contributed by atoms with Gasteiger partial charge in [-0.25, -0.2) is 4.39 Å². The fourth-order valence-electron chi connectivity index (χ4n) is 6.10. The smallest absolute Gasteiger partial charge is 0.111 e. The Balaban J connectivity index is 2.96. The Kier molecular flexibility index (Phi) is 14.1. The molecular weight excluding hydrogens is 457 g/mol. The molecule has 2 unspecified atom stereocenters. The van der Waals surface area contributed by atoms with Crippen molar-refractivity contribution < 1.29 is 4.39 Å². The van der Waals surface area contributed by atoms with Gasteiger partial charge in [-0.2, -0.15) is 15.3 Å². The maximum atomic E-state index is 16.4. The van der Waals surface area contributed by atoms with E-state index in [1.165, 1.54) is 37.7 Å². The maximum Gasteiger partial charge on any atom is 0.111 e. The summed E-state index contributed by atoms with van der Waals surface area (Å²) < 4.78 is 16.4. The molecule has 0 saturated heterocycles. The zero-order valence-corrected chi connectivity index (χ0v) is 26.3. The third-order valence-corrected chi connectivity index (χ3v) is 9.07. The molecule has 0 radical (unpaired) electrons. The van der Waals surface area contributed by atoms with Gasteiger partial charge in [0.15, 0.2) is 0 Å². The molecule has 0 bridgehead atoms. The number of hydrogen-bond donors (Lipinski definition) is 0. The van der Waals surface area contributed by atoms with E-state index < -0.39 is 5.67 Å². The summed E-state index contributed by atoms with van der Waals surface area (Å²) in [7, 11) is 0. The Labute approximate surface area is 230 Å². The van der Waals surface area contributed by atoms with Crippen molar-refractivity contribution in [3.05, 3.63) is 12.2 Å². The second-order valence-electron chi connectivity index (χ2n) is 14.0. The maximum absolute atomic E-state index is 16.4. The fraction of sp³-hybridized carbons (Fsp3) is 0.879. The summed E-state index contributed by atoms with van der Waals surface area (Å²) in [6.07, 6.45) is 12.8. The number of halogens is 1. The van der Waals surface area contributed by atoms with Crippen LogP contribution >= 0.6 is 0 Å². The van der Waals surface area contributed by atoms with E-state index in [4.69, 9.17) is 0 Å². The predicted molar refractivity (Wildman–Crippen MR) is 163 cm³/mol. The van der Waals surface area contributed by atoms with Gasteiger partial charge >= 0.3 is 0 Å². The summed E-state index contributed by atoms with van der Waals surface area (Å²) in [4.78, 5) is 0. The van der Waals surface area contributed by atoms with E-state index in [0.717, 1.165) is 43.9 Å². The lowest BCUT2D eigenvalue weighted by atomic mass is 9.63. The van der Waals surface area contributed by atoms with Gasteiger partial charge < -0.3 is 0 Å². The van der Waals surface area contributed by atoms with Gasteiger partial charge in [-0.05, 0) is 106 Å². The average Bonchev–Trinajstić information content (AvgIpc) is 2.81. The normalized spacial score (nSPS) is 23.4. The van der Waals surface area contributed by atoms with E-state index in [-0.39, 0.29) is 5.41 Å². The van der Waals surface area contributed by atoms with Crippen molar-refractivity contribution >= 4 is 12.4 Å². The van der Waals surface area contributed by atoms with Crippen LogP contribution in [0.2, 0.25) is 0 Å². The van der Waals surface area contributed by atoms with Crippen LogP contribution in [0.3, 0.4) is 0 Å². The van der Waals surface area contributed by atoms with E-state index in [0.29, 0.717) is 42.9 Å². The van der Waals surface area contributed by atoms with E-state index >= 15 is 4.39 Å².